The number of amides is 1. The lowest BCUT2D eigenvalue weighted by Gasteiger charge is -2.06. The molecule has 0 fully saturated rings. The summed E-state index contributed by atoms with van der Waals surface area (Å²) in [5.41, 5.74) is 8.79. The van der Waals surface area contributed by atoms with E-state index in [0.29, 0.717) is 24.5 Å². The predicted molar refractivity (Wildman–Crippen MR) is 102 cm³/mol. The molecule has 26 heavy (non-hydrogen) atoms. The Balaban J connectivity index is 1.70. The number of nitrogen functional groups attached to an aromatic ring is 1. The smallest absolute Gasteiger partial charge is 0.226 e. The van der Waals surface area contributed by atoms with Crippen molar-refractivity contribution in [2.24, 2.45) is 0 Å². The van der Waals surface area contributed by atoms with Gasteiger partial charge < -0.3 is 15.8 Å². The van der Waals surface area contributed by atoms with Crippen LogP contribution in [0.4, 0.5) is 5.69 Å². The Labute approximate surface area is 156 Å². The van der Waals surface area contributed by atoms with Crippen LogP contribution in [0.5, 0.6) is 0 Å². The van der Waals surface area contributed by atoms with Gasteiger partial charge >= 0.3 is 0 Å². The SMILES string of the molecule is COCc1nc(CNC(=O)Cc2ccc(N)cn2)c(-c2ccccc2)s1. The summed E-state index contributed by atoms with van der Waals surface area (Å²) in [4.78, 5) is 22.0. The lowest BCUT2D eigenvalue weighted by molar-refractivity contribution is -0.120. The van der Waals surface area contributed by atoms with E-state index in [1.165, 1.54) is 0 Å². The third kappa shape index (κ3) is 4.65. The van der Waals surface area contributed by atoms with Crippen LogP contribution in [0, 0.1) is 0 Å². The number of pyridine rings is 1. The lowest BCUT2D eigenvalue weighted by atomic mass is 10.1. The van der Waals surface area contributed by atoms with Crippen LogP contribution in [-0.4, -0.2) is 23.0 Å². The number of nitrogens with one attached hydrogen (secondary N) is 1. The zero-order valence-electron chi connectivity index (χ0n) is 14.4. The molecular weight excluding hydrogens is 348 g/mol. The summed E-state index contributed by atoms with van der Waals surface area (Å²) in [5.74, 6) is -0.109. The number of hydrogen-bond acceptors (Lipinski definition) is 6. The van der Waals surface area contributed by atoms with Crippen molar-refractivity contribution in [2.75, 3.05) is 12.8 Å². The van der Waals surface area contributed by atoms with Crippen LogP contribution >= 0.6 is 11.3 Å². The molecule has 3 N–H and O–H groups in total. The number of nitrogens with zero attached hydrogens (tertiary/aromatic N) is 2. The first kappa shape index (κ1) is 18.0. The maximum atomic E-state index is 12.2. The number of ether oxygens (including phenoxy) is 1. The molecule has 3 aromatic rings. The van der Waals surface area contributed by atoms with Gasteiger partial charge in [-0.3, -0.25) is 9.78 Å². The van der Waals surface area contributed by atoms with Crippen LogP contribution in [0.1, 0.15) is 16.4 Å². The first-order valence-corrected chi connectivity index (χ1v) is 8.97. The fourth-order valence-corrected chi connectivity index (χ4v) is 3.53. The van der Waals surface area contributed by atoms with E-state index in [1.807, 2.05) is 30.3 Å². The van der Waals surface area contributed by atoms with Gasteiger partial charge in [-0.1, -0.05) is 30.3 Å². The number of anilines is 1. The highest BCUT2D eigenvalue weighted by Crippen LogP contribution is 2.30. The summed E-state index contributed by atoms with van der Waals surface area (Å²) in [6.45, 7) is 0.812. The molecule has 7 heteroatoms. The van der Waals surface area contributed by atoms with Gasteiger partial charge in [-0.25, -0.2) is 4.98 Å². The summed E-state index contributed by atoms with van der Waals surface area (Å²) < 4.78 is 5.19. The molecule has 0 radical (unpaired) electrons. The standard InChI is InChI=1S/C19H20N4O2S/c1-25-12-18-23-16(19(26-18)13-5-3-2-4-6-13)11-22-17(24)9-15-8-7-14(20)10-21-15/h2-8,10H,9,11-12,20H2,1H3,(H,22,24). The van der Waals surface area contributed by atoms with Crippen molar-refractivity contribution in [3.8, 4) is 10.4 Å². The number of thiazole rings is 1. The van der Waals surface area contributed by atoms with Crippen LogP contribution in [0.2, 0.25) is 0 Å². The monoisotopic (exact) mass is 368 g/mol. The highest BCUT2D eigenvalue weighted by atomic mass is 32.1. The number of carbonyl (C=O) groups is 1. The Kier molecular flexibility index (Phi) is 5.93. The molecule has 0 saturated carbocycles. The molecule has 0 saturated heterocycles. The van der Waals surface area contributed by atoms with Crippen LogP contribution in [-0.2, 0) is 29.1 Å². The average Bonchev–Trinajstić information content (AvgIpc) is 3.06. The molecule has 0 spiro atoms. The number of hydrogen-bond donors (Lipinski definition) is 2. The number of methoxy groups -OCH3 is 1. The van der Waals surface area contributed by atoms with E-state index in [2.05, 4.69) is 15.3 Å². The number of rotatable bonds is 7. The van der Waals surface area contributed by atoms with Crippen LogP contribution in [0.15, 0.2) is 48.7 Å². The van der Waals surface area contributed by atoms with E-state index in [0.717, 1.165) is 21.1 Å². The van der Waals surface area contributed by atoms with Gasteiger partial charge in [0.25, 0.3) is 0 Å². The molecule has 0 unspecified atom stereocenters. The van der Waals surface area contributed by atoms with Crippen molar-refractivity contribution in [3.05, 3.63) is 65.1 Å². The van der Waals surface area contributed by atoms with E-state index in [9.17, 15) is 4.79 Å². The Morgan fingerprint density at radius 2 is 2.04 bits per heavy atom. The summed E-state index contributed by atoms with van der Waals surface area (Å²) >= 11 is 1.58. The van der Waals surface area contributed by atoms with E-state index in [4.69, 9.17) is 10.5 Å². The molecule has 2 heterocycles. The van der Waals surface area contributed by atoms with Crippen molar-refractivity contribution < 1.29 is 9.53 Å². The maximum Gasteiger partial charge on any atom is 0.226 e. The minimum absolute atomic E-state index is 0.109. The number of benzene rings is 1. The topological polar surface area (TPSA) is 90.1 Å². The predicted octanol–water partition coefficient (Wildman–Crippen LogP) is 2.79. The van der Waals surface area contributed by atoms with Crippen LogP contribution in [0.25, 0.3) is 10.4 Å². The Morgan fingerprint density at radius 3 is 2.73 bits per heavy atom. The van der Waals surface area contributed by atoms with Gasteiger partial charge in [-0.05, 0) is 17.7 Å². The fourth-order valence-electron chi connectivity index (χ4n) is 2.47. The molecule has 1 amide bonds. The summed E-state index contributed by atoms with van der Waals surface area (Å²) in [5, 5.41) is 3.81. The van der Waals surface area contributed by atoms with Crippen molar-refractivity contribution in [1.29, 1.82) is 0 Å². The van der Waals surface area contributed by atoms with E-state index in [1.54, 1.807) is 36.8 Å². The normalized spacial score (nSPS) is 10.7. The molecule has 3 rings (SSSR count). The maximum absolute atomic E-state index is 12.2. The first-order chi connectivity index (χ1) is 12.7. The third-order valence-corrected chi connectivity index (χ3v) is 4.81. The Morgan fingerprint density at radius 1 is 1.23 bits per heavy atom. The fraction of sp³-hybridized carbons (Fsp3) is 0.211. The second kappa shape index (κ2) is 8.55. The van der Waals surface area contributed by atoms with Gasteiger partial charge in [-0.2, -0.15) is 0 Å². The minimum Gasteiger partial charge on any atom is -0.397 e. The molecule has 134 valence electrons. The molecule has 1 aromatic carbocycles. The van der Waals surface area contributed by atoms with Gasteiger partial charge in [0.1, 0.15) is 5.01 Å². The molecule has 2 aromatic heterocycles. The Hall–Kier alpha value is -2.77. The molecule has 0 aliphatic carbocycles. The highest BCUT2D eigenvalue weighted by molar-refractivity contribution is 7.15. The number of aromatic nitrogens is 2. The van der Waals surface area contributed by atoms with Gasteiger partial charge in [0, 0.05) is 12.8 Å². The molecule has 0 aliphatic rings. The van der Waals surface area contributed by atoms with E-state index < -0.39 is 0 Å². The zero-order valence-corrected chi connectivity index (χ0v) is 15.3. The molecular formula is C19H20N4O2S. The summed E-state index contributed by atoms with van der Waals surface area (Å²) in [6, 6.07) is 13.5. The van der Waals surface area contributed by atoms with Gasteiger partial charge in [0.05, 0.1) is 42.0 Å². The Bertz CT molecular complexity index is 863. The molecule has 0 bridgehead atoms. The zero-order chi connectivity index (χ0) is 18.4. The third-order valence-electron chi connectivity index (χ3n) is 3.69. The van der Waals surface area contributed by atoms with Crippen molar-refractivity contribution >= 4 is 22.9 Å². The summed E-state index contributed by atoms with van der Waals surface area (Å²) in [7, 11) is 1.64. The van der Waals surface area contributed by atoms with Crippen molar-refractivity contribution in [3.63, 3.8) is 0 Å². The quantitative estimate of drug-likeness (QED) is 0.669. The summed E-state index contributed by atoms with van der Waals surface area (Å²) in [6.07, 6.45) is 1.75. The molecule has 0 atom stereocenters. The van der Waals surface area contributed by atoms with Crippen molar-refractivity contribution in [2.45, 2.75) is 19.6 Å². The van der Waals surface area contributed by atoms with Crippen LogP contribution < -0.4 is 11.1 Å². The van der Waals surface area contributed by atoms with E-state index >= 15 is 0 Å². The molecule has 0 aliphatic heterocycles. The number of nitrogens with two attached hydrogens (primary N) is 1. The number of carbonyl (C=O) groups excluding carboxylic acids is 1. The van der Waals surface area contributed by atoms with Crippen molar-refractivity contribution in [1.82, 2.24) is 15.3 Å². The average molecular weight is 368 g/mol. The first-order valence-electron chi connectivity index (χ1n) is 8.15. The van der Waals surface area contributed by atoms with Gasteiger partial charge in [-0.15, -0.1) is 11.3 Å². The highest BCUT2D eigenvalue weighted by Gasteiger charge is 2.14. The molecule has 6 nitrogen and oxygen atoms in total. The lowest BCUT2D eigenvalue weighted by Crippen LogP contribution is -2.25. The second-order valence-electron chi connectivity index (χ2n) is 5.72. The van der Waals surface area contributed by atoms with Gasteiger partial charge in [0.15, 0.2) is 0 Å². The minimum atomic E-state index is -0.109. The largest absolute Gasteiger partial charge is 0.397 e. The van der Waals surface area contributed by atoms with Crippen LogP contribution in [0.3, 0.4) is 0 Å². The second-order valence-corrected chi connectivity index (χ2v) is 6.80. The van der Waals surface area contributed by atoms with Gasteiger partial charge in [0.2, 0.25) is 5.91 Å². The van der Waals surface area contributed by atoms with E-state index in [-0.39, 0.29) is 12.3 Å².